The third-order valence-electron chi connectivity index (χ3n) is 2.94. The SMILES string of the molecule is CSCC(C)NCc1cc(C)n(C)c1C. The fourth-order valence-corrected chi connectivity index (χ4v) is 2.32. The highest BCUT2D eigenvalue weighted by molar-refractivity contribution is 7.98. The van der Waals surface area contributed by atoms with E-state index in [1.54, 1.807) is 0 Å². The largest absolute Gasteiger partial charge is 0.352 e. The van der Waals surface area contributed by atoms with Crippen LogP contribution in [-0.2, 0) is 13.6 Å². The summed E-state index contributed by atoms with van der Waals surface area (Å²) in [6.45, 7) is 7.56. The molecule has 1 aromatic heterocycles. The number of nitrogens with zero attached hydrogens (tertiary/aromatic N) is 1. The lowest BCUT2D eigenvalue weighted by Gasteiger charge is -2.12. The molecular weight excluding hydrogens is 204 g/mol. The second-order valence-corrected chi connectivity index (χ2v) is 5.10. The summed E-state index contributed by atoms with van der Waals surface area (Å²) in [4.78, 5) is 0. The molecule has 1 heterocycles. The van der Waals surface area contributed by atoms with Crippen molar-refractivity contribution in [3.63, 3.8) is 0 Å². The molecule has 2 nitrogen and oxygen atoms in total. The normalized spacial score (nSPS) is 13.1. The Bertz CT molecular complexity index is 318. The minimum atomic E-state index is 0.583. The van der Waals surface area contributed by atoms with E-state index in [-0.39, 0.29) is 0 Å². The molecule has 15 heavy (non-hydrogen) atoms. The maximum Gasteiger partial charge on any atom is 0.0226 e. The first-order valence-electron chi connectivity index (χ1n) is 5.40. The number of nitrogens with one attached hydrogen (secondary N) is 1. The van der Waals surface area contributed by atoms with Crippen LogP contribution < -0.4 is 5.32 Å². The van der Waals surface area contributed by atoms with Gasteiger partial charge in [-0.15, -0.1) is 0 Å². The Morgan fingerprint density at radius 1 is 1.47 bits per heavy atom. The molecular formula is C12H22N2S. The predicted molar refractivity (Wildman–Crippen MR) is 69.6 cm³/mol. The molecule has 86 valence electrons. The quantitative estimate of drug-likeness (QED) is 0.831. The minimum absolute atomic E-state index is 0.583. The minimum Gasteiger partial charge on any atom is -0.352 e. The van der Waals surface area contributed by atoms with E-state index in [9.17, 15) is 0 Å². The van der Waals surface area contributed by atoms with Gasteiger partial charge in [0.25, 0.3) is 0 Å². The number of aromatic nitrogens is 1. The van der Waals surface area contributed by atoms with Crippen LogP contribution in [0.3, 0.4) is 0 Å². The van der Waals surface area contributed by atoms with Gasteiger partial charge in [0, 0.05) is 36.8 Å². The van der Waals surface area contributed by atoms with Crippen molar-refractivity contribution in [3.05, 3.63) is 23.0 Å². The first kappa shape index (κ1) is 12.7. The second kappa shape index (κ2) is 5.61. The molecule has 0 amide bonds. The zero-order valence-corrected chi connectivity index (χ0v) is 11.2. The second-order valence-electron chi connectivity index (χ2n) is 4.19. The van der Waals surface area contributed by atoms with E-state index in [0.717, 1.165) is 6.54 Å². The van der Waals surface area contributed by atoms with E-state index in [0.29, 0.717) is 6.04 Å². The van der Waals surface area contributed by atoms with Crippen molar-refractivity contribution in [2.75, 3.05) is 12.0 Å². The maximum atomic E-state index is 3.55. The van der Waals surface area contributed by atoms with Crippen molar-refractivity contribution >= 4 is 11.8 Å². The van der Waals surface area contributed by atoms with Crippen LogP contribution in [0.4, 0.5) is 0 Å². The van der Waals surface area contributed by atoms with E-state index in [2.05, 4.69) is 50.0 Å². The predicted octanol–water partition coefficient (Wildman–Crippen LogP) is 2.48. The fraction of sp³-hybridized carbons (Fsp3) is 0.667. The molecule has 1 atom stereocenters. The van der Waals surface area contributed by atoms with Gasteiger partial charge in [-0.3, -0.25) is 0 Å². The number of aryl methyl sites for hydroxylation is 1. The van der Waals surface area contributed by atoms with Gasteiger partial charge in [-0.25, -0.2) is 0 Å². The molecule has 1 aromatic rings. The zero-order valence-electron chi connectivity index (χ0n) is 10.4. The molecule has 0 aliphatic heterocycles. The summed E-state index contributed by atoms with van der Waals surface area (Å²) >= 11 is 1.89. The van der Waals surface area contributed by atoms with Gasteiger partial charge in [0.05, 0.1) is 0 Å². The Balaban J connectivity index is 2.54. The fourth-order valence-electron chi connectivity index (χ4n) is 1.71. The number of hydrogen-bond donors (Lipinski definition) is 1. The van der Waals surface area contributed by atoms with Crippen molar-refractivity contribution in [1.29, 1.82) is 0 Å². The molecule has 0 bridgehead atoms. The van der Waals surface area contributed by atoms with Crippen molar-refractivity contribution in [2.24, 2.45) is 7.05 Å². The van der Waals surface area contributed by atoms with E-state index < -0.39 is 0 Å². The average molecular weight is 226 g/mol. The number of rotatable bonds is 5. The maximum absolute atomic E-state index is 3.55. The first-order chi connectivity index (χ1) is 7.06. The zero-order chi connectivity index (χ0) is 11.4. The van der Waals surface area contributed by atoms with Crippen LogP contribution in [0.1, 0.15) is 23.9 Å². The molecule has 0 aromatic carbocycles. The standard InChI is InChI=1S/C12H22N2S/c1-9(8-15-5)13-7-12-6-10(2)14(4)11(12)3/h6,9,13H,7-8H2,1-5H3. The van der Waals surface area contributed by atoms with Crippen LogP contribution in [0.15, 0.2) is 6.07 Å². The van der Waals surface area contributed by atoms with Crippen LogP contribution in [0, 0.1) is 13.8 Å². The van der Waals surface area contributed by atoms with Crippen molar-refractivity contribution in [2.45, 2.75) is 33.4 Å². The Morgan fingerprint density at radius 2 is 2.13 bits per heavy atom. The summed E-state index contributed by atoms with van der Waals surface area (Å²) in [6, 6.07) is 2.86. The molecule has 0 fully saturated rings. The van der Waals surface area contributed by atoms with Crippen molar-refractivity contribution in [3.8, 4) is 0 Å². The van der Waals surface area contributed by atoms with Gasteiger partial charge >= 0.3 is 0 Å². The van der Waals surface area contributed by atoms with Crippen LogP contribution >= 0.6 is 11.8 Å². The van der Waals surface area contributed by atoms with Crippen molar-refractivity contribution < 1.29 is 0 Å². The molecule has 0 radical (unpaired) electrons. The van der Waals surface area contributed by atoms with E-state index in [1.165, 1.54) is 22.7 Å². The van der Waals surface area contributed by atoms with Gasteiger partial charge in [-0.05, 0) is 38.7 Å². The lowest BCUT2D eigenvalue weighted by molar-refractivity contribution is 0.593. The lowest BCUT2D eigenvalue weighted by Crippen LogP contribution is -2.27. The Labute approximate surface area is 97.4 Å². The summed E-state index contributed by atoms with van der Waals surface area (Å²) in [5, 5.41) is 3.55. The molecule has 1 N–H and O–H groups in total. The third-order valence-corrected chi connectivity index (χ3v) is 3.77. The molecule has 0 spiro atoms. The molecule has 0 saturated heterocycles. The lowest BCUT2D eigenvalue weighted by atomic mass is 10.2. The van der Waals surface area contributed by atoms with Gasteiger partial charge in [0.1, 0.15) is 0 Å². The topological polar surface area (TPSA) is 17.0 Å². The number of thioether (sulfide) groups is 1. The summed E-state index contributed by atoms with van der Waals surface area (Å²) in [5.41, 5.74) is 4.13. The van der Waals surface area contributed by atoms with E-state index >= 15 is 0 Å². The van der Waals surface area contributed by atoms with Crippen molar-refractivity contribution in [1.82, 2.24) is 9.88 Å². The molecule has 0 aliphatic carbocycles. The van der Waals surface area contributed by atoms with Gasteiger partial charge in [0.15, 0.2) is 0 Å². The third kappa shape index (κ3) is 3.28. The smallest absolute Gasteiger partial charge is 0.0226 e. The first-order valence-corrected chi connectivity index (χ1v) is 6.79. The Kier molecular flexibility index (Phi) is 4.74. The van der Waals surface area contributed by atoms with Gasteiger partial charge in [-0.1, -0.05) is 0 Å². The van der Waals surface area contributed by atoms with Crippen LogP contribution in [0.25, 0.3) is 0 Å². The number of hydrogen-bond acceptors (Lipinski definition) is 2. The highest BCUT2D eigenvalue weighted by atomic mass is 32.2. The van der Waals surface area contributed by atoms with Gasteiger partial charge in [0.2, 0.25) is 0 Å². The summed E-state index contributed by atoms with van der Waals surface area (Å²) in [7, 11) is 2.12. The molecule has 0 aliphatic rings. The van der Waals surface area contributed by atoms with Crippen LogP contribution in [0.2, 0.25) is 0 Å². The van der Waals surface area contributed by atoms with Crippen LogP contribution in [0.5, 0.6) is 0 Å². The monoisotopic (exact) mass is 226 g/mol. The Morgan fingerprint density at radius 3 is 2.60 bits per heavy atom. The van der Waals surface area contributed by atoms with Crippen LogP contribution in [-0.4, -0.2) is 22.6 Å². The van der Waals surface area contributed by atoms with Gasteiger partial charge in [-0.2, -0.15) is 11.8 Å². The molecule has 1 unspecified atom stereocenters. The summed E-state index contributed by atoms with van der Waals surface area (Å²) < 4.78 is 2.25. The highest BCUT2D eigenvalue weighted by Gasteiger charge is 2.07. The molecule has 3 heteroatoms. The molecule has 0 saturated carbocycles. The Hall–Kier alpha value is -0.410. The molecule has 1 rings (SSSR count). The average Bonchev–Trinajstić information content (AvgIpc) is 2.43. The summed E-state index contributed by atoms with van der Waals surface area (Å²) in [5.74, 6) is 1.17. The van der Waals surface area contributed by atoms with Gasteiger partial charge < -0.3 is 9.88 Å². The van der Waals surface area contributed by atoms with E-state index in [1.807, 2.05) is 11.8 Å². The van der Waals surface area contributed by atoms with E-state index in [4.69, 9.17) is 0 Å². The highest BCUT2D eigenvalue weighted by Crippen LogP contribution is 2.13. The summed E-state index contributed by atoms with van der Waals surface area (Å²) in [6.07, 6.45) is 2.15.